The van der Waals surface area contributed by atoms with Gasteiger partial charge >= 0.3 is 0 Å². The number of nitrogens with one attached hydrogen (secondary N) is 1. The van der Waals surface area contributed by atoms with Gasteiger partial charge in [-0.25, -0.2) is 0 Å². The molecule has 0 unspecified atom stereocenters. The Labute approximate surface area is 137 Å². The van der Waals surface area contributed by atoms with E-state index in [4.69, 9.17) is 0 Å². The molecule has 23 heavy (non-hydrogen) atoms. The number of likely N-dealkylation sites (tertiary alicyclic amines) is 1. The van der Waals surface area contributed by atoms with Crippen molar-refractivity contribution in [2.75, 3.05) is 13.1 Å². The number of hydrogen-bond acceptors (Lipinski definition) is 2. The van der Waals surface area contributed by atoms with E-state index >= 15 is 0 Å². The van der Waals surface area contributed by atoms with Crippen LogP contribution in [-0.4, -0.2) is 36.0 Å². The lowest BCUT2D eigenvalue weighted by atomic mass is 9.91. The first-order valence-corrected chi connectivity index (χ1v) is 8.84. The third-order valence-corrected chi connectivity index (χ3v) is 5.48. The number of benzene rings is 2. The summed E-state index contributed by atoms with van der Waals surface area (Å²) in [6, 6.07) is 15.4. The maximum Gasteiger partial charge on any atom is 0.251 e. The van der Waals surface area contributed by atoms with Crippen molar-refractivity contribution < 1.29 is 4.79 Å². The molecule has 2 fully saturated rings. The molecule has 0 aromatic heterocycles. The van der Waals surface area contributed by atoms with Crippen molar-refractivity contribution in [1.29, 1.82) is 0 Å². The first kappa shape index (κ1) is 14.7. The van der Waals surface area contributed by atoms with Crippen LogP contribution in [0, 0.1) is 0 Å². The van der Waals surface area contributed by atoms with Crippen molar-refractivity contribution in [3.8, 4) is 0 Å². The Morgan fingerprint density at radius 2 is 1.87 bits per heavy atom. The molecule has 3 nitrogen and oxygen atoms in total. The van der Waals surface area contributed by atoms with Gasteiger partial charge in [0.05, 0.1) is 0 Å². The number of carbonyl (C=O) groups excluding carboxylic acids is 1. The minimum absolute atomic E-state index is 0.0520. The van der Waals surface area contributed by atoms with Crippen LogP contribution in [0.3, 0.4) is 0 Å². The summed E-state index contributed by atoms with van der Waals surface area (Å²) >= 11 is 0. The van der Waals surface area contributed by atoms with Crippen molar-refractivity contribution in [3.05, 3.63) is 48.0 Å². The zero-order valence-corrected chi connectivity index (χ0v) is 13.5. The fraction of sp³-hybridized carbons (Fsp3) is 0.450. The van der Waals surface area contributed by atoms with Gasteiger partial charge in [0.1, 0.15) is 0 Å². The number of nitrogens with zero attached hydrogens (tertiary/aromatic N) is 1. The van der Waals surface area contributed by atoms with Gasteiger partial charge in [-0.2, -0.15) is 0 Å². The Hall–Kier alpha value is -1.87. The van der Waals surface area contributed by atoms with Gasteiger partial charge in [0.2, 0.25) is 0 Å². The molecule has 1 N–H and O–H groups in total. The molecule has 0 radical (unpaired) electrons. The second kappa shape index (κ2) is 6.32. The van der Waals surface area contributed by atoms with Gasteiger partial charge in [0, 0.05) is 24.2 Å². The van der Waals surface area contributed by atoms with Gasteiger partial charge in [-0.1, -0.05) is 36.8 Å². The summed E-state index contributed by atoms with van der Waals surface area (Å²) in [4.78, 5) is 15.1. The molecule has 2 aromatic carbocycles. The predicted octanol–water partition coefficient (Wildman–Crippen LogP) is 3.59. The summed E-state index contributed by atoms with van der Waals surface area (Å²) in [6.45, 7) is 1.99. The summed E-state index contributed by atoms with van der Waals surface area (Å²) < 4.78 is 0. The van der Waals surface area contributed by atoms with E-state index in [0.717, 1.165) is 23.5 Å². The van der Waals surface area contributed by atoms with E-state index in [2.05, 4.69) is 22.3 Å². The second-order valence-electron chi connectivity index (χ2n) is 6.89. The van der Waals surface area contributed by atoms with Crippen LogP contribution in [-0.2, 0) is 0 Å². The van der Waals surface area contributed by atoms with E-state index < -0.39 is 0 Å². The lowest BCUT2D eigenvalue weighted by Crippen LogP contribution is -2.47. The summed E-state index contributed by atoms with van der Waals surface area (Å²) in [6.07, 6.45) is 6.54. The number of amides is 1. The zero-order valence-electron chi connectivity index (χ0n) is 13.5. The highest BCUT2D eigenvalue weighted by atomic mass is 16.1. The average Bonchev–Trinajstić information content (AvgIpc) is 2.98. The van der Waals surface area contributed by atoms with Gasteiger partial charge in [0.15, 0.2) is 0 Å². The van der Waals surface area contributed by atoms with Gasteiger partial charge in [-0.15, -0.1) is 0 Å². The normalized spacial score (nSPS) is 22.2. The first-order chi connectivity index (χ1) is 11.3. The number of fused-ring (bicyclic) bond motifs is 1. The van der Waals surface area contributed by atoms with Gasteiger partial charge < -0.3 is 5.32 Å². The smallest absolute Gasteiger partial charge is 0.251 e. The lowest BCUT2D eigenvalue weighted by Gasteiger charge is -2.38. The number of rotatable bonds is 4. The highest BCUT2D eigenvalue weighted by Gasteiger charge is 2.33. The molecule has 1 saturated heterocycles. The van der Waals surface area contributed by atoms with E-state index in [0.29, 0.717) is 6.04 Å². The number of hydrogen-bond donors (Lipinski definition) is 1. The Morgan fingerprint density at radius 3 is 2.65 bits per heavy atom. The third-order valence-electron chi connectivity index (χ3n) is 5.48. The quantitative estimate of drug-likeness (QED) is 0.936. The van der Waals surface area contributed by atoms with Crippen LogP contribution < -0.4 is 5.32 Å². The molecule has 3 heteroatoms. The van der Waals surface area contributed by atoms with Crippen LogP contribution in [0.15, 0.2) is 42.5 Å². The number of carbonyl (C=O) groups is 1. The molecule has 2 aromatic rings. The van der Waals surface area contributed by atoms with E-state index in [9.17, 15) is 4.79 Å². The van der Waals surface area contributed by atoms with Crippen molar-refractivity contribution >= 4 is 16.7 Å². The molecular weight excluding hydrogens is 284 g/mol. The monoisotopic (exact) mass is 308 g/mol. The lowest BCUT2D eigenvalue weighted by molar-refractivity contribution is 0.0893. The topological polar surface area (TPSA) is 32.3 Å². The summed E-state index contributed by atoms with van der Waals surface area (Å²) in [5.74, 6) is 0.0520. The maximum atomic E-state index is 12.5. The Balaban J connectivity index is 1.40. The van der Waals surface area contributed by atoms with Gasteiger partial charge in [-0.3, -0.25) is 9.69 Å². The molecule has 1 amide bonds. The standard InChI is InChI=1S/C20H24N2O/c23-20(17-11-10-15-5-1-2-6-16(15)13-17)21-14-19-9-4-12-22(19)18-7-3-8-18/h1-2,5-6,10-11,13,18-19H,3-4,7-9,12,14H2,(H,21,23)/t19-/m0/s1. The van der Waals surface area contributed by atoms with E-state index in [-0.39, 0.29) is 5.91 Å². The summed E-state index contributed by atoms with van der Waals surface area (Å²) in [5.41, 5.74) is 0.761. The van der Waals surface area contributed by atoms with Crippen LogP contribution >= 0.6 is 0 Å². The molecule has 4 rings (SSSR count). The van der Waals surface area contributed by atoms with Gasteiger partial charge in [0.25, 0.3) is 5.91 Å². The molecular formula is C20H24N2O. The molecule has 1 aliphatic heterocycles. The van der Waals surface area contributed by atoms with Crippen LogP contribution in [0.1, 0.15) is 42.5 Å². The minimum atomic E-state index is 0.0520. The summed E-state index contributed by atoms with van der Waals surface area (Å²) in [5, 5.41) is 5.46. The van der Waals surface area contributed by atoms with Crippen LogP contribution in [0.25, 0.3) is 10.8 Å². The SMILES string of the molecule is O=C(NC[C@@H]1CCCN1C1CCC1)c1ccc2ccccc2c1. The molecule has 2 aliphatic rings. The molecule has 1 saturated carbocycles. The molecule has 0 spiro atoms. The van der Waals surface area contributed by atoms with Crippen LogP contribution in [0.2, 0.25) is 0 Å². The minimum Gasteiger partial charge on any atom is -0.350 e. The van der Waals surface area contributed by atoms with Crippen molar-refractivity contribution in [2.45, 2.75) is 44.2 Å². The van der Waals surface area contributed by atoms with E-state index in [1.807, 2.05) is 30.3 Å². The Morgan fingerprint density at radius 1 is 1.04 bits per heavy atom. The molecule has 1 heterocycles. The van der Waals surface area contributed by atoms with E-state index in [1.54, 1.807) is 0 Å². The molecule has 1 aliphatic carbocycles. The largest absolute Gasteiger partial charge is 0.350 e. The zero-order chi connectivity index (χ0) is 15.6. The van der Waals surface area contributed by atoms with Crippen molar-refractivity contribution in [3.63, 3.8) is 0 Å². The fourth-order valence-corrected chi connectivity index (χ4v) is 3.92. The second-order valence-corrected chi connectivity index (χ2v) is 6.89. The summed E-state index contributed by atoms with van der Waals surface area (Å²) in [7, 11) is 0. The molecule has 0 bridgehead atoms. The third kappa shape index (κ3) is 2.98. The Bertz CT molecular complexity index is 708. The highest BCUT2D eigenvalue weighted by molar-refractivity contribution is 5.98. The van der Waals surface area contributed by atoms with Crippen molar-refractivity contribution in [1.82, 2.24) is 10.2 Å². The highest BCUT2D eigenvalue weighted by Crippen LogP contribution is 2.31. The molecule has 120 valence electrons. The fourth-order valence-electron chi connectivity index (χ4n) is 3.92. The Kier molecular flexibility index (Phi) is 4.04. The van der Waals surface area contributed by atoms with Crippen LogP contribution in [0.4, 0.5) is 0 Å². The van der Waals surface area contributed by atoms with Gasteiger partial charge in [-0.05, 0) is 55.1 Å². The molecule has 1 atom stereocenters. The predicted molar refractivity (Wildman–Crippen MR) is 93.6 cm³/mol. The first-order valence-electron chi connectivity index (χ1n) is 8.84. The van der Waals surface area contributed by atoms with E-state index in [1.165, 1.54) is 44.0 Å². The maximum absolute atomic E-state index is 12.5. The van der Waals surface area contributed by atoms with Crippen molar-refractivity contribution in [2.24, 2.45) is 0 Å². The van der Waals surface area contributed by atoms with Crippen LogP contribution in [0.5, 0.6) is 0 Å². The average molecular weight is 308 g/mol.